The Kier molecular flexibility index (Phi) is 7.07. The van der Waals surface area contributed by atoms with Crippen LogP contribution >= 0.6 is 23.2 Å². The molecule has 0 aromatic heterocycles. The number of rotatable bonds is 8. The van der Waals surface area contributed by atoms with Crippen molar-refractivity contribution in [3.05, 3.63) is 87.4 Å². The Hall–Kier alpha value is -2.36. The zero-order chi connectivity index (χ0) is 19.9. The van der Waals surface area contributed by atoms with Gasteiger partial charge in [-0.15, -0.1) is 0 Å². The third kappa shape index (κ3) is 5.57. The van der Waals surface area contributed by atoms with E-state index in [1.54, 1.807) is 12.1 Å². The van der Waals surface area contributed by atoms with E-state index in [9.17, 15) is 0 Å². The molecule has 3 nitrogen and oxygen atoms in total. The van der Waals surface area contributed by atoms with Gasteiger partial charge in [0.1, 0.15) is 6.61 Å². The zero-order valence-electron chi connectivity index (χ0n) is 16.0. The Morgan fingerprint density at radius 3 is 2.50 bits per heavy atom. The number of halogens is 2. The molecule has 0 aliphatic heterocycles. The third-order valence-electron chi connectivity index (χ3n) is 4.22. The van der Waals surface area contributed by atoms with Crippen LogP contribution in [0.2, 0.25) is 10.0 Å². The Bertz CT molecular complexity index is 944. The van der Waals surface area contributed by atoms with Crippen LogP contribution in [0.4, 0.5) is 5.69 Å². The first kappa shape index (κ1) is 20.4. The van der Waals surface area contributed by atoms with Gasteiger partial charge in [0.2, 0.25) is 0 Å². The van der Waals surface area contributed by atoms with Gasteiger partial charge in [0.25, 0.3) is 0 Å². The van der Waals surface area contributed by atoms with E-state index in [1.807, 2.05) is 37.3 Å². The number of hydrogen-bond donors (Lipinski definition) is 1. The van der Waals surface area contributed by atoms with Crippen LogP contribution in [0.1, 0.15) is 23.6 Å². The maximum Gasteiger partial charge on any atom is 0.161 e. The first-order chi connectivity index (χ1) is 13.5. The van der Waals surface area contributed by atoms with Gasteiger partial charge in [-0.3, -0.25) is 0 Å². The van der Waals surface area contributed by atoms with Crippen molar-refractivity contribution < 1.29 is 9.47 Å². The summed E-state index contributed by atoms with van der Waals surface area (Å²) in [6, 6.07) is 19.7. The lowest BCUT2D eigenvalue weighted by Gasteiger charge is -2.15. The average molecular weight is 416 g/mol. The average Bonchev–Trinajstić information content (AvgIpc) is 2.67. The minimum atomic E-state index is 0.344. The number of ether oxygens (including phenoxy) is 2. The molecule has 5 heteroatoms. The minimum absolute atomic E-state index is 0.344. The molecule has 0 heterocycles. The molecule has 3 aromatic rings. The first-order valence-electron chi connectivity index (χ1n) is 9.18. The lowest BCUT2D eigenvalue weighted by Crippen LogP contribution is -2.03. The van der Waals surface area contributed by atoms with Gasteiger partial charge in [0.05, 0.1) is 6.61 Å². The highest BCUT2D eigenvalue weighted by Gasteiger charge is 2.09. The van der Waals surface area contributed by atoms with Gasteiger partial charge in [-0.25, -0.2) is 0 Å². The molecule has 0 amide bonds. The predicted molar refractivity (Wildman–Crippen MR) is 117 cm³/mol. The SMILES string of the molecule is CCOc1cc(CNc2cccc(C)c2)ccc1OCc1ccc(Cl)cc1Cl. The van der Waals surface area contributed by atoms with Gasteiger partial charge in [-0.1, -0.05) is 47.5 Å². The number of benzene rings is 3. The normalized spacial score (nSPS) is 10.6. The summed E-state index contributed by atoms with van der Waals surface area (Å²) in [6.07, 6.45) is 0. The maximum atomic E-state index is 6.23. The molecule has 3 rings (SSSR count). The fourth-order valence-corrected chi connectivity index (χ4v) is 3.27. The second kappa shape index (κ2) is 9.72. The van der Waals surface area contributed by atoms with E-state index in [4.69, 9.17) is 32.7 Å². The number of anilines is 1. The van der Waals surface area contributed by atoms with Crippen LogP contribution in [0.3, 0.4) is 0 Å². The smallest absolute Gasteiger partial charge is 0.161 e. The topological polar surface area (TPSA) is 30.5 Å². The molecule has 0 fully saturated rings. The molecule has 0 saturated heterocycles. The fourth-order valence-electron chi connectivity index (χ4n) is 2.80. The monoisotopic (exact) mass is 415 g/mol. The highest BCUT2D eigenvalue weighted by atomic mass is 35.5. The summed E-state index contributed by atoms with van der Waals surface area (Å²) in [5.74, 6) is 1.41. The van der Waals surface area contributed by atoms with Gasteiger partial charge in [-0.2, -0.15) is 0 Å². The molecule has 0 unspecified atom stereocenters. The number of hydrogen-bond acceptors (Lipinski definition) is 3. The van der Waals surface area contributed by atoms with E-state index in [2.05, 4.69) is 30.4 Å². The Morgan fingerprint density at radius 2 is 1.75 bits per heavy atom. The molecule has 146 valence electrons. The van der Waals surface area contributed by atoms with Crippen LogP contribution in [-0.4, -0.2) is 6.61 Å². The molecule has 0 spiro atoms. The molecule has 1 N–H and O–H groups in total. The lowest BCUT2D eigenvalue weighted by molar-refractivity contribution is 0.269. The van der Waals surface area contributed by atoms with Gasteiger partial charge in [0, 0.05) is 27.8 Å². The lowest BCUT2D eigenvalue weighted by atomic mass is 10.1. The highest BCUT2D eigenvalue weighted by Crippen LogP contribution is 2.31. The summed E-state index contributed by atoms with van der Waals surface area (Å²) < 4.78 is 11.7. The summed E-state index contributed by atoms with van der Waals surface area (Å²) in [5, 5.41) is 4.63. The third-order valence-corrected chi connectivity index (χ3v) is 4.81. The molecule has 3 aromatic carbocycles. The van der Waals surface area contributed by atoms with Gasteiger partial charge in [0.15, 0.2) is 11.5 Å². The largest absolute Gasteiger partial charge is 0.490 e. The zero-order valence-corrected chi connectivity index (χ0v) is 17.5. The van der Waals surface area contributed by atoms with Crippen molar-refractivity contribution in [3.8, 4) is 11.5 Å². The second-order valence-electron chi connectivity index (χ2n) is 6.46. The minimum Gasteiger partial charge on any atom is -0.490 e. The predicted octanol–water partition coefficient (Wildman–Crippen LogP) is 6.89. The van der Waals surface area contributed by atoms with E-state index in [0.717, 1.165) is 22.6 Å². The highest BCUT2D eigenvalue weighted by molar-refractivity contribution is 6.35. The van der Waals surface area contributed by atoms with Crippen LogP contribution in [0, 0.1) is 6.92 Å². The van der Waals surface area contributed by atoms with E-state index in [1.165, 1.54) is 5.56 Å². The number of nitrogens with one attached hydrogen (secondary N) is 1. The van der Waals surface area contributed by atoms with Gasteiger partial charge < -0.3 is 14.8 Å². The van der Waals surface area contributed by atoms with E-state index < -0.39 is 0 Å². The van der Waals surface area contributed by atoms with E-state index in [0.29, 0.717) is 35.6 Å². The molecule has 0 aliphatic rings. The van der Waals surface area contributed by atoms with E-state index >= 15 is 0 Å². The van der Waals surface area contributed by atoms with Crippen molar-refractivity contribution in [3.63, 3.8) is 0 Å². The van der Waals surface area contributed by atoms with Crippen molar-refractivity contribution in [1.29, 1.82) is 0 Å². The quantitative estimate of drug-likeness (QED) is 0.434. The fraction of sp³-hybridized carbons (Fsp3) is 0.217. The second-order valence-corrected chi connectivity index (χ2v) is 7.31. The summed E-state index contributed by atoms with van der Waals surface area (Å²) in [6.45, 7) is 5.64. The first-order valence-corrected chi connectivity index (χ1v) is 9.93. The van der Waals surface area contributed by atoms with Crippen LogP contribution in [0.15, 0.2) is 60.7 Å². The van der Waals surface area contributed by atoms with Crippen LogP contribution in [0.5, 0.6) is 11.5 Å². The summed E-state index contributed by atoms with van der Waals surface area (Å²) in [5.41, 5.74) is 4.31. The summed E-state index contributed by atoms with van der Waals surface area (Å²) in [7, 11) is 0. The molecular weight excluding hydrogens is 393 g/mol. The van der Waals surface area contributed by atoms with Crippen molar-refractivity contribution in [1.82, 2.24) is 0 Å². The maximum absolute atomic E-state index is 6.23. The molecule has 28 heavy (non-hydrogen) atoms. The Balaban J connectivity index is 1.69. The standard InChI is InChI=1S/C23H23Cl2NO2/c1-3-27-23-12-17(14-26-20-6-4-5-16(2)11-20)7-10-22(23)28-15-18-8-9-19(24)13-21(18)25/h4-13,26H,3,14-15H2,1-2H3. The Morgan fingerprint density at radius 1 is 0.893 bits per heavy atom. The van der Waals surface area contributed by atoms with Gasteiger partial charge >= 0.3 is 0 Å². The van der Waals surface area contributed by atoms with Crippen molar-refractivity contribution >= 4 is 28.9 Å². The summed E-state index contributed by atoms with van der Waals surface area (Å²) >= 11 is 12.2. The molecular formula is C23H23Cl2NO2. The van der Waals surface area contributed by atoms with E-state index in [-0.39, 0.29) is 0 Å². The molecule has 0 atom stereocenters. The van der Waals surface area contributed by atoms with Gasteiger partial charge in [-0.05, 0) is 61.4 Å². The molecule has 0 saturated carbocycles. The van der Waals surface area contributed by atoms with Crippen LogP contribution < -0.4 is 14.8 Å². The molecule has 0 radical (unpaired) electrons. The molecule has 0 bridgehead atoms. The number of aryl methyl sites for hydroxylation is 1. The Labute approximate surface area is 176 Å². The van der Waals surface area contributed by atoms with Crippen molar-refractivity contribution in [2.75, 3.05) is 11.9 Å². The van der Waals surface area contributed by atoms with Crippen LogP contribution in [0.25, 0.3) is 0 Å². The molecule has 0 aliphatic carbocycles. The van der Waals surface area contributed by atoms with Crippen molar-refractivity contribution in [2.45, 2.75) is 27.0 Å². The van der Waals surface area contributed by atoms with Crippen molar-refractivity contribution in [2.24, 2.45) is 0 Å². The van der Waals surface area contributed by atoms with Crippen LogP contribution in [-0.2, 0) is 13.2 Å². The summed E-state index contributed by atoms with van der Waals surface area (Å²) in [4.78, 5) is 0.